The van der Waals surface area contributed by atoms with E-state index >= 15 is 0 Å². The monoisotopic (exact) mass is 456 g/mol. The smallest absolute Gasteiger partial charge is 0.241 e. The number of amides is 1. The first kappa shape index (κ1) is 23.5. The van der Waals surface area contributed by atoms with Gasteiger partial charge in [0, 0.05) is 18.2 Å². The Hall–Kier alpha value is -2.61. The lowest BCUT2D eigenvalue weighted by Gasteiger charge is -2.32. The molecule has 33 heavy (non-hydrogen) atoms. The summed E-state index contributed by atoms with van der Waals surface area (Å²) in [6, 6.07) is 5.89. The fourth-order valence-electron chi connectivity index (χ4n) is 4.94. The van der Waals surface area contributed by atoms with E-state index in [1.807, 2.05) is 18.2 Å². The van der Waals surface area contributed by atoms with Gasteiger partial charge >= 0.3 is 0 Å². The lowest BCUT2D eigenvalue weighted by molar-refractivity contribution is -0.127. The van der Waals surface area contributed by atoms with Crippen molar-refractivity contribution in [3.63, 3.8) is 0 Å². The molecule has 2 heterocycles. The minimum atomic E-state index is 0.0254. The molecule has 8 heteroatoms. The van der Waals surface area contributed by atoms with Gasteiger partial charge in [0.15, 0.2) is 11.5 Å². The summed E-state index contributed by atoms with van der Waals surface area (Å²) in [6.45, 7) is 2.21. The quantitative estimate of drug-likeness (QED) is 0.668. The maximum Gasteiger partial charge on any atom is 0.241 e. The highest BCUT2D eigenvalue weighted by molar-refractivity contribution is 5.79. The Bertz CT molecular complexity index is 908. The molecule has 1 saturated carbocycles. The van der Waals surface area contributed by atoms with Crippen LogP contribution in [0.3, 0.4) is 0 Å². The number of carbonyl (C=O) groups excluding carboxylic acids is 1. The average molecular weight is 457 g/mol. The molecule has 2 fully saturated rings. The standard InChI is InChI=1S/C25H36N4O4/c1-31-21-13-12-18(15-22(21)32-2)24-27-23(33-28-24)17-29-14-8-9-19(16-29)25(30)26-20-10-6-4-3-5-7-11-20/h12-13,15,19-20H,3-11,14,16-17H2,1-2H3,(H,26,30). The summed E-state index contributed by atoms with van der Waals surface area (Å²) in [6.07, 6.45) is 10.5. The first-order chi connectivity index (χ1) is 16.2. The van der Waals surface area contributed by atoms with E-state index in [-0.39, 0.29) is 11.8 Å². The van der Waals surface area contributed by atoms with Crippen LogP contribution in [0.2, 0.25) is 0 Å². The van der Waals surface area contributed by atoms with Gasteiger partial charge in [-0.05, 0) is 50.4 Å². The second-order valence-electron chi connectivity index (χ2n) is 9.21. The van der Waals surface area contributed by atoms with Crippen molar-refractivity contribution >= 4 is 5.91 Å². The number of methoxy groups -OCH3 is 2. The lowest BCUT2D eigenvalue weighted by Crippen LogP contribution is -2.45. The first-order valence-corrected chi connectivity index (χ1v) is 12.2. The van der Waals surface area contributed by atoms with Gasteiger partial charge in [-0.1, -0.05) is 37.3 Å². The van der Waals surface area contributed by atoms with E-state index in [1.54, 1.807) is 14.2 Å². The molecule has 8 nitrogen and oxygen atoms in total. The second-order valence-corrected chi connectivity index (χ2v) is 9.21. The fourth-order valence-corrected chi connectivity index (χ4v) is 4.94. The molecule has 0 spiro atoms. The topological polar surface area (TPSA) is 89.7 Å². The molecule has 180 valence electrons. The van der Waals surface area contributed by atoms with Crippen molar-refractivity contribution in [2.75, 3.05) is 27.3 Å². The fraction of sp³-hybridized carbons (Fsp3) is 0.640. The Morgan fingerprint density at radius 3 is 2.58 bits per heavy atom. The van der Waals surface area contributed by atoms with Gasteiger partial charge in [0.25, 0.3) is 0 Å². The van der Waals surface area contributed by atoms with Crippen LogP contribution in [0.25, 0.3) is 11.4 Å². The van der Waals surface area contributed by atoms with E-state index in [1.165, 1.54) is 32.1 Å². The molecule has 1 aliphatic carbocycles. The van der Waals surface area contributed by atoms with Crippen LogP contribution in [0, 0.1) is 5.92 Å². The van der Waals surface area contributed by atoms with Crippen molar-refractivity contribution in [2.45, 2.75) is 70.4 Å². The zero-order chi connectivity index (χ0) is 23.0. The lowest BCUT2D eigenvalue weighted by atomic mass is 9.94. The minimum Gasteiger partial charge on any atom is -0.493 e. The number of benzene rings is 1. The average Bonchev–Trinajstić information content (AvgIpc) is 3.28. The molecule has 1 N–H and O–H groups in total. The number of nitrogens with zero attached hydrogens (tertiary/aromatic N) is 3. The highest BCUT2D eigenvalue weighted by atomic mass is 16.5. The number of carbonyl (C=O) groups is 1. The van der Waals surface area contributed by atoms with E-state index < -0.39 is 0 Å². The maximum absolute atomic E-state index is 13.0. The highest BCUT2D eigenvalue weighted by Crippen LogP contribution is 2.31. The van der Waals surface area contributed by atoms with E-state index in [0.29, 0.717) is 35.8 Å². The summed E-state index contributed by atoms with van der Waals surface area (Å²) in [5, 5.41) is 7.49. The number of aromatic nitrogens is 2. The van der Waals surface area contributed by atoms with Gasteiger partial charge in [-0.3, -0.25) is 9.69 Å². The molecule has 1 aromatic heterocycles. The highest BCUT2D eigenvalue weighted by Gasteiger charge is 2.28. The van der Waals surface area contributed by atoms with Crippen molar-refractivity contribution in [3.05, 3.63) is 24.1 Å². The van der Waals surface area contributed by atoms with Crippen LogP contribution in [0.5, 0.6) is 11.5 Å². The number of piperidine rings is 1. The van der Waals surface area contributed by atoms with Crippen LogP contribution in [0.4, 0.5) is 0 Å². The molecular formula is C25H36N4O4. The van der Waals surface area contributed by atoms with Gasteiger partial charge < -0.3 is 19.3 Å². The number of ether oxygens (including phenoxy) is 2. The van der Waals surface area contributed by atoms with E-state index in [9.17, 15) is 4.79 Å². The Morgan fingerprint density at radius 2 is 1.82 bits per heavy atom. The zero-order valence-corrected chi connectivity index (χ0v) is 19.8. The number of hydrogen-bond acceptors (Lipinski definition) is 7. The molecule has 1 amide bonds. The first-order valence-electron chi connectivity index (χ1n) is 12.2. The number of hydrogen-bond donors (Lipinski definition) is 1. The Kier molecular flexibility index (Phi) is 8.20. The summed E-state index contributed by atoms with van der Waals surface area (Å²) >= 11 is 0. The SMILES string of the molecule is COc1ccc(-c2noc(CN3CCCC(C(=O)NC4CCCCCCC4)C3)n2)cc1OC. The van der Waals surface area contributed by atoms with E-state index in [4.69, 9.17) is 14.0 Å². The van der Waals surface area contributed by atoms with Gasteiger partial charge in [-0.25, -0.2) is 0 Å². The number of likely N-dealkylation sites (tertiary alicyclic amines) is 1. The normalized spacial score (nSPS) is 20.6. The summed E-state index contributed by atoms with van der Waals surface area (Å²) in [4.78, 5) is 19.8. The van der Waals surface area contributed by atoms with Crippen molar-refractivity contribution in [2.24, 2.45) is 5.92 Å². The molecule has 1 atom stereocenters. The molecule has 0 radical (unpaired) electrons. The Labute approximate surface area is 196 Å². The van der Waals surface area contributed by atoms with Crippen LogP contribution in [0.1, 0.15) is 63.7 Å². The van der Waals surface area contributed by atoms with Crippen molar-refractivity contribution in [1.29, 1.82) is 0 Å². The van der Waals surface area contributed by atoms with Crippen LogP contribution >= 0.6 is 0 Å². The number of rotatable bonds is 7. The molecule has 1 unspecified atom stereocenters. The van der Waals surface area contributed by atoms with Gasteiger partial charge in [-0.15, -0.1) is 0 Å². The Morgan fingerprint density at radius 1 is 1.06 bits per heavy atom. The van der Waals surface area contributed by atoms with Crippen LogP contribution in [-0.4, -0.2) is 54.3 Å². The number of nitrogens with one attached hydrogen (secondary N) is 1. The van der Waals surface area contributed by atoms with Crippen molar-refractivity contribution < 1.29 is 18.8 Å². The third-order valence-electron chi connectivity index (χ3n) is 6.80. The maximum atomic E-state index is 13.0. The predicted octanol–water partition coefficient (Wildman–Crippen LogP) is 4.19. The van der Waals surface area contributed by atoms with E-state index in [0.717, 1.165) is 44.3 Å². The minimum absolute atomic E-state index is 0.0254. The Balaban J connectivity index is 1.33. The largest absolute Gasteiger partial charge is 0.493 e. The molecule has 2 aromatic rings. The van der Waals surface area contributed by atoms with Crippen LogP contribution in [-0.2, 0) is 11.3 Å². The molecular weight excluding hydrogens is 420 g/mol. The zero-order valence-electron chi connectivity index (χ0n) is 19.8. The van der Waals surface area contributed by atoms with Crippen molar-refractivity contribution in [3.8, 4) is 22.9 Å². The van der Waals surface area contributed by atoms with E-state index in [2.05, 4.69) is 20.4 Å². The molecule has 2 aliphatic rings. The summed E-state index contributed by atoms with van der Waals surface area (Å²) in [5.41, 5.74) is 0.803. The molecule has 0 bridgehead atoms. The third-order valence-corrected chi connectivity index (χ3v) is 6.80. The summed E-state index contributed by atoms with van der Waals surface area (Å²) in [7, 11) is 3.21. The molecule has 1 aromatic carbocycles. The molecule has 1 aliphatic heterocycles. The van der Waals surface area contributed by atoms with Gasteiger partial charge in [0.2, 0.25) is 17.6 Å². The second kappa shape index (κ2) is 11.5. The third kappa shape index (κ3) is 6.25. The van der Waals surface area contributed by atoms with Gasteiger partial charge in [0.1, 0.15) is 0 Å². The molecule has 4 rings (SSSR count). The van der Waals surface area contributed by atoms with Gasteiger partial charge in [0.05, 0.1) is 26.7 Å². The van der Waals surface area contributed by atoms with Crippen LogP contribution in [0.15, 0.2) is 22.7 Å². The predicted molar refractivity (Wildman–Crippen MR) is 125 cm³/mol. The molecule has 1 saturated heterocycles. The van der Waals surface area contributed by atoms with Crippen molar-refractivity contribution in [1.82, 2.24) is 20.4 Å². The van der Waals surface area contributed by atoms with Gasteiger partial charge in [-0.2, -0.15) is 4.98 Å². The summed E-state index contributed by atoms with van der Waals surface area (Å²) < 4.78 is 16.2. The summed E-state index contributed by atoms with van der Waals surface area (Å²) in [5.74, 6) is 2.58. The van der Waals surface area contributed by atoms with Crippen LogP contribution < -0.4 is 14.8 Å².